The van der Waals surface area contributed by atoms with Gasteiger partial charge in [-0.1, -0.05) is 20.8 Å². The highest BCUT2D eigenvalue weighted by Crippen LogP contribution is 2.38. The number of pyridine rings is 1. The topological polar surface area (TPSA) is 31.4 Å². The molecule has 0 radical (unpaired) electrons. The van der Waals surface area contributed by atoms with E-state index >= 15 is 0 Å². The standard InChI is InChI=1S/C11H13F2NO2/c1-10(2,3)9-4-7-8(5-14-9)15-6-11(12,13)16-7/h4-5H,6H2,1-3H3. The van der Waals surface area contributed by atoms with Crippen molar-refractivity contribution >= 4 is 0 Å². The number of hydrogen-bond acceptors (Lipinski definition) is 3. The Morgan fingerprint density at radius 2 is 2.00 bits per heavy atom. The summed E-state index contributed by atoms with van der Waals surface area (Å²) in [6.07, 6.45) is -1.84. The van der Waals surface area contributed by atoms with E-state index in [-0.39, 0.29) is 16.9 Å². The summed E-state index contributed by atoms with van der Waals surface area (Å²) < 4.78 is 35.3. The molecule has 5 heteroatoms. The summed E-state index contributed by atoms with van der Waals surface area (Å²) in [5, 5.41) is 0. The van der Waals surface area contributed by atoms with E-state index in [2.05, 4.69) is 9.72 Å². The molecule has 16 heavy (non-hydrogen) atoms. The fourth-order valence-corrected chi connectivity index (χ4v) is 1.37. The van der Waals surface area contributed by atoms with E-state index in [1.54, 1.807) is 0 Å². The summed E-state index contributed by atoms with van der Waals surface area (Å²) in [5.41, 5.74) is 0.470. The molecule has 1 aliphatic heterocycles. The van der Waals surface area contributed by atoms with Crippen molar-refractivity contribution in [3.63, 3.8) is 0 Å². The van der Waals surface area contributed by atoms with Gasteiger partial charge in [-0.2, -0.15) is 8.78 Å². The molecule has 0 spiro atoms. The van der Waals surface area contributed by atoms with Gasteiger partial charge in [0.2, 0.25) is 0 Å². The molecule has 1 aromatic rings. The van der Waals surface area contributed by atoms with Crippen molar-refractivity contribution in [3.05, 3.63) is 18.0 Å². The van der Waals surface area contributed by atoms with Crippen LogP contribution in [0.3, 0.4) is 0 Å². The van der Waals surface area contributed by atoms with Crippen LogP contribution >= 0.6 is 0 Å². The average molecular weight is 229 g/mol. The first-order valence-corrected chi connectivity index (χ1v) is 4.98. The monoisotopic (exact) mass is 229 g/mol. The summed E-state index contributed by atoms with van der Waals surface area (Å²) in [6.45, 7) is 5.08. The van der Waals surface area contributed by atoms with E-state index in [0.717, 1.165) is 0 Å². The molecule has 88 valence electrons. The zero-order valence-corrected chi connectivity index (χ0v) is 9.38. The summed E-state index contributed by atoms with van der Waals surface area (Å²) in [6, 6.07) is 1.50. The molecule has 1 aromatic heterocycles. The minimum Gasteiger partial charge on any atom is -0.478 e. The Labute approximate surface area is 92.4 Å². The summed E-state index contributed by atoms with van der Waals surface area (Å²) in [7, 11) is 0. The highest BCUT2D eigenvalue weighted by atomic mass is 19.3. The van der Waals surface area contributed by atoms with Gasteiger partial charge in [-0.15, -0.1) is 0 Å². The second kappa shape index (κ2) is 3.30. The van der Waals surface area contributed by atoms with E-state index in [1.807, 2.05) is 20.8 Å². The maximum Gasteiger partial charge on any atom is 0.433 e. The minimum absolute atomic E-state index is 0.0520. The van der Waals surface area contributed by atoms with Gasteiger partial charge < -0.3 is 9.47 Å². The van der Waals surface area contributed by atoms with E-state index in [0.29, 0.717) is 5.69 Å². The minimum atomic E-state index is -3.26. The highest BCUT2D eigenvalue weighted by Gasteiger charge is 2.38. The van der Waals surface area contributed by atoms with Crippen LogP contribution in [0.1, 0.15) is 26.5 Å². The number of fused-ring (bicyclic) bond motifs is 1. The van der Waals surface area contributed by atoms with Crippen molar-refractivity contribution in [3.8, 4) is 11.5 Å². The zero-order valence-electron chi connectivity index (χ0n) is 9.38. The fourth-order valence-electron chi connectivity index (χ4n) is 1.37. The lowest BCUT2D eigenvalue weighted by Gasteiger charge is -2.27. The Hall–Kier alpha value is -1.39. The molecular weight excluding hydrogens is 216 g/mol. The fraction of sp³-hybridized carbons (Fsp3) is 0.545. The van der Waals surface area contributed by atoms with Gasteiger partial charge in [0, 0.05) is 17.2 Å². The first-order chi connectivity index (χ1) is 7.28. The van der Waals surface area contributed by atoms with Crippen LogP contribution in [-0.2, 0) is 5.41 Å². The summed E-state index contributed by atoms with van der Waals surface area (Å²) in [5.74, 6) is 0.315. The largest absolute Gasteiger partial charge is 0.478 e. The Morgan fingerprint density at radius 3 is 2.62 bits per heavy atom. The number of rotatable bonds is 0. The van der Waals surface area contributed by atoms with E-state index in [9.17, 15) is 8.78 Å². The first kappa shape index (κ1) is 11.1. The average Bonchev–Trinajstić information content (AvgIpc) is 2.13. The van der Waals surface area contributed by atoms with Crippen molar-refractivity contribution in [2.45, 2.75) is 32.3 Å². The maximum absolute atomic E-state index is 12.9. The number of ether oxygens (including phenoxy) is 2. The van der Waals surface area contributed by atoms with Gasteiger partial charge in [0.15, 0.2) is 18.1 Å². The highest BCUT2D eigenvalue weighted by molar-refractivity contribution is 5.41. The van der Waals surface area contributed by atoms with Crippen LogP contribution < -0.4 is 9.47 Å². The quantitative estimate of drug-likeness (QED) is 0.685. The van der Waals surface area contributed by atoms with Crippen LogP contribution in [0.4, 0.5) is 8.78 Å². The second-order valence-electron chi connectivity index (χ2n) is 4.79. The molecule has 0 unspecified atom stereocenters. The molecule has 1 aliphatic rings. The normalized spacial score (nSPS) is 18.3. The molecule has 0 saturated carbocycles. The number of alkyl halides is 2. The predicted molar refractivity (Wildman–Crippen MR) is 54.0 cm³/mol. The third kappa shape index (κ3) is 2.08. The van der Waals surface area contributed by atoms with Crippen molar-refractivity contribution in [1.29, 1.82) is 0 Å². The van der Waals surface area contributed by atoms with Gasteiger partial charge in [0.1, 0.15) is 0 Å². The number of halogens is 2. The lowest BCUT2D eigenvalue weighted by molar-refractivity contribution is -0.209. The van der Waals surface area contributed by atoms with E-state index in [1.165, 1.54) is 12.3 Å². The van der Waals surface area contributed by atoms with Gasteiger partial charge in [0.25, 0.3) is 0 Å². The molecular formula is C11H13F2NO2. The van der Waals surface area contributed by atoms with Crippen molar-refractivity contribution < 1.29 is 18.3 Å². The molecule has 0 saturated heterocycles. The molecule has 2 heterocycles. The van der Waals surface area contributed by atoms with Crippen molar-refractivity contribution in [1.82, 2.24) is 4.98 Å². The van der Waals surface area contributed by atoms with Crippen LogP contribution in [0.2, 0.25) is 0 Å². The Kier molecular flexibility index (Phi) is 2.29. The van der Waals surface area contributed by atoms with Crippen LogP contribution in [0.5, 0.6) is 11.5 Å². The van der Waals surface area contributed by atoms with Crippen LogP contribution in [0.15, 0.2) is 12.3 Å². The van der Waals surface area contributed by atoms with Gasteiger partial charge in [0.05, 0.1) is 6.20 Å². The SMILES string of the molecule is CC(C)(C)c1cc2c(cn1)OCC(F)(F)O2. The maximum atomic E-state index is 12.9. The van der Waals surface area contributed by atoms with Gasteiger partial charge in [-0.3, -0.25) is 4.98 Å². The smallest absolute Gasteiger partial charge is 0.433 e. The lowest BCUT2D eigenvalue weighted by atomic mass is 9.91. The van der Waals surface area contributed by atoms with Crippen molar-refractivity contribution in [2.75, 3.05) is 6.61 Å². The van der Waals surface area contributed by atoms with Crippen molar-refractivity contribution in [2.24, 2.45) is 0 Å². The Balaban J connectivity index is 2.39. The summed E-state index contributed by atoms with van der Waals surface area (Å²) in [4.78, 5) is 4.16. The molecule has 0 aromatic carbocycles. The van der Waals surface area contributed by atoms with E-state index in [4.69, 9.17) is 4.74 Å². The molecule has 0 N–H and O–H groups in total. The third-order valence-corrected chi connectivity index (χ3v) is 2.25. The van der Waals surface area contributed by atoms with Crippen LogP contribution in [-0.4, -0.2) is 17.7 Å². The number of hydrogen-bond donors (Lipinski definition) is 0. The summed E-state index contributed by atoms with van der Waals surface area (Å²) >= 11 is 0. The van der Waals surface area contributed by atoms with Gasteiger partial charge in [-0.05, 0) is 0 Å². The number of nitrogens with zero attached hydrogens (tertiary/aromatic N) is 1. The van der Waals surface area contributed by atoms with Crippen LogP contribution in [0.25, 0.3) is 0 Å². The third-order valence-electron chi connectivity index (χ3n) is 2.25. The Morgan fingerprint density at radius 1 is 1.31 bits per heavy atom. The molecule has 3 nitrogen and oxygen atoms in total. The lowest BCUT2D eigenvalue weighted by Crippen LogP contribution is -2.36. The molecule has 0 fully saturated rings. The zero-order chi connectivity index (χ0) is 12.0. The van der Waals surface area contributed by atoms with Gasteiger partial charge in [-0.25, -0.2) is 0 Å². The second-order valence-corrected chi connectivity index (χ2v) is 4.79. The molecule has 0 bridgehead atoms. The van der Waals surface area contributed by atoms with E-state index < -0.39 is 12.7 Å². The molecule has 2 rings (SSSR count). The first-order valence-electron chi connectivity index (χ1n) is 4.98. The molecule has 0 atom stereocenters. The van der Waals surface area contributed by atoms with Crippen LogP contribution in [0, 0.1) is 0 Å². The predicted octanol–water partition coefficient (Wildman–Crippen LogP) is 2.74. The molecule has 0 amide bonds. The van der Waals surface area contributed by atoms with Gasteiger partial charge >= 0.3 is 6.11 Å². The Bertz CT molecular complexity index is 413. The number of aromatic nitrogens is 1. The molecule has 0 aliphatic carbocycles.